The van der Waals surface area contributed by atoms with Crippen LogP contribution in [0.5, 0.6) is 0 Å². The SMILES string of the molecule is CC(C)C(=O)N1CCc2ccc(S(=O)NCC(C)c3ccc(F)cc3)cc2C1. The molecule has 0 bridgehead atoms. The Hall–Kier alpha value is -2.05. The van der Waals surface area contributed by atoms with Gasteiger partial charge in [-0.05, 0) is 53.3 Å². The molecule has 4 nitrogen and oxygen atoms in total. The molecular weight excluding hydrogens is 375 g/mol. The van der Waals surface area contributed by atoms with Gasteiger partial charge in [0.05, 0.1) is 4.90 Å². The summed E-state index contributed by atoms with van der Waals surface area (Å²) in [5.74, 6) is -0.00947. The van der Waals surface area contributed by atoms with Crippen LogP contribution in [0.3, 0.4) is 0 Å². The van der Waals surface area contributed by atoms with E-state index in [-0.39, 0.29) is 23.6 Å². The molecule has 0 fully saturated rings. The molecule has 2 aromatic carbocycles. The van der Waals surface area contributed by atoms with E-state index in [1.54, 1.807) is 12.1 Å². The largest absolute Gasteiger partial charge is 0.338 e. The van der Waals surface area contributed by atoms with Crippen LogP contribution in [-0.4, -0.2) is 28.1 Å². The molecule has 6 heteroatoms. The Bertz CT molecular complexity index is 867. The molecule has 0 saturated carbocycles. The van der Waals surface area contributed by atoms with E-state index >= 15 is 0 Å². The van der Waals surface area contributed by atoms with Crippen molar-refractivity contribution in [2.24, 2.45) is 5.92 Å². The minimum atomic E-state index is -1.34. The molecule has 150 valence electrons. The third-order valence-corrected chi connectivity index (χ3v) is 6.28. The molecule has 2 aromatic rings. The lowest BCUT2D eigenvalue weighted by molar-refractivity contribution is -0.135. The average Bonchev–Trinajstić information content (AvgIpc) is 2.70. The summed E-state index contributed by atoms with van der Waals surface area (Å²) >= 11 is 0. The summed E-state index contributed by atoms with van der Waals surface area (Å²) in [5, 5.41) is 0. The number of carbonyl (C=O) groups is 1. The van der Waals surface area contributed by atoms with Gasteiger partial charge in [0.15, 0.2) is 0 Å². The van der Waals surface area contributed by atoms with Gasteiger partial charge in [0.1, 0.15) is 16.8 Å². The van der Waals surface area contributed by atoms with E-state index in [0.717, 1.165) is 24.1 Å². The number of rotatable bonds is 6. The van der Waals surface area contributed by atoms with Crippen molar-refractivity contribution in [3.05, 3.63) is 65.0 Å². The fourth-order valence-electron chi connectivity index (χ4n) is 3.40. The fourth-order valence-corrected chi connectivity index (χ4v) is 4.40. The van der Waals surface area contributed by atoms with Gasteiger partial charge in [-0.15, -0.1) is 0 Å². The maximum atomic E-state index is 13.1. The summed E-state index contributed by atoms with van der Waals surface area (Å²) in [5.41, 5.74) is 3.28. The van der Waals surface area contributed by atoms with Crippen molar-refractivity contribution in [1.82, 2.24) is 9.62 Å². The summed E-state index contributed by atoms with van der Waals surface area (Å²) in [4.78, 5) is 14.9. The average molecular weight is 403 g/mol. The molecule has 2 unspecified atom stereocenters. The Morgan fingerprint density at radius 1 is 1.14 bits per heavy atom. The Kier molecular flexibility index (Phi) is 6.62. The Morgan fingerprint density at radius 3 is 2.54 bits per heavy atom. The van der Waals surface area contributed by atoms with E-state index in [1.807, 2.05) is 43.9 Å². The van der Waals surface area contributed by atoms with Crippen molar-refractivity contribution in [3.63, 3.8) is 0 Å². The van der Waals surface area contributed by atoms with Gasteiger partial charge in [0.2, 0.25) is 5.91 Å². The Balaban J connectivity index is 1.64. The number of nitrogens with one attached hydrogen (secondary N) is 1. The molecule has 28 heavy (non-hydrogen) atoms. The molecule has 1 aliphatic heterocycles. The third-order valence-electron chi connectivity index (χ3n) is 5.17. The van der Waals surface area contributed by atoms with Crippen LogP contribution in [0.25, 0.3) is 0 Å². The Labute approximate surface area is 168 Å². The Morgan fingerprint density at radius 2 is 1.86 bits per heavy atom. The van der Waals surface area contributed by atoms with Crippen LogP contribution in [0.15, 0.2) is 47.4 Å². The van der Waals surface area contributed by atoms with E-state index in [9.17, 15) is 13.4 Å². The first-order chi connectivity index (χ1) is 13.3. The second kappa shape index (κ2) is 8.97. The minimum Gasteiger partial charge on any atom is -0.338 e. The van der Waals surface area contributed by atoms with Crippen molar-refractivity contribution < 1.29 is 13.4 Å². The van der Waals surface area contributed by atoms with Gasteiger partial charge in [-0.2, -0.15) is 0 Å². The fraction of sp³-hybridized carbons (Fsp3) is 0.409. The molecule has 1 amide bonds. The molecule has 1 aliphatic rings. The highest BCUT2D eigenvalue weighted by molar-refractivity contribution is 7.83. The number of hydrogen-bond donors (Lipinski definition) is 1. The predicted octanol–water partition coefficient (Wildman–Crippen LogP) is 3.78. The molecule has 0 spiro atoms. The van der Waals surface area contributed by atoms with Gasteiger partial charge in [-0.1, -0.05) is 39.0 Å². The van der Waals surface area contributed by atoms with E-state index in [2.05, 4.69) is 4.72 Å². The van der Waals surface area contributed by atoms with Gasteiger partial charge in [-0.3, -0.25) is 4.79 Å². The van der Waals surface area contributed by atoms with Crippen LogP contribution >= 0.6 is 0 Å². The lowest BCUT2D eigenvalue weighted by atomic mass is 9.99. The highest BCUT2D eigenvalue weighted by atomic mass is 32.2. The summed E-state index contributed by atoms with van der Waals surface area (Å²) in [6.07, 6.45) is 0.829. The van der Waals surface area contributed by atoms with E-state index in [0.29, 0.717) is 18.0 Å². The van der Waals surface area contributed by atoms with Gasteiger partial charge >= 0.3 is 0 Å². The summed E-state index contributed by atoms with van der Waals surface area (Å²) in [6, 6.07) is 12.2. The molecule has 0 radical (unpaired) electrons. The van der Waals surface area contributed by atoms with Crippen LogP contribution in [-0.2, 0) is 28.7 Å². The van der Waals surface area contributed by atoms with Crippen LogP contribution in [0.2, 0.25) is 0 Å². The second-order valence-corrected chi connectivity index (χ2v) is 8.96. The van der Waals surface area contributed by atoms with Crippen molar-refractivity contribution in [1.29, 1.82) is 0 Å². The molecule has 1 N–H and O–H groups in total. The van der Waals surface area contributed by atoms with Gasteiger partial charge < -0.3 is 4.90 Å². The molecule has 2 atom stereocenters. The summed E-state index contributed by atoms with van der Waals surface area (Å²) < 4.78 is 28.8. The zero-order valence-electron chi connectivity index (χ0n) is 16.6. The normalized spacial score (nSPS) is 16.0. The lowest BCUT2D eigenvalue weighted by Gasteiger charge is -2.30. The summed E-state index contributed by atoms with van der Waals surface area (Å²) in [6.45, 7) is 7.67. The number of hydrogen-bond acceptors (Lipinski definition) is 2. The first-order valence-corrected chi connectivity index (χ1v) is 10.8. The molecular formula is C22H27FN2O2S. The first kappa shape index (κ1) is 20.7. The predicted molar refractivity (Wildman–Crippen MR) is 110 cm³/mol. The zero-order valence-corrected chi connectivity index (χ0v) is 17.4. The monoisotopic (exact) mass is 402 g/mol. The number of halogens is 1. The van der Waals surface area contributed by atoms with Gasteiger partial charge in [-0.25, -0.2) is 13.3 Å². The number of carbonyl (C=O) groups excluding carboxylic acids is 1. The van der Waals surface area contributed by atoms with Crippen LogP contribution in [0.1, 0.15) is 43.4 Å². The van der Waals surface area contributed by atoms with Crippen LogP contribution in [0.4, 0.5) is 4.39 Å². The highest BCUT2D eigenvalue weighted by Crippen LogP contribution is 2.23. The molecule has 0 aromatic heterocycles. The number of benzene rings is 2. The molecule has 3 rings (SSSR count). The topological polar surface area (TPSA) is 49.4 Å². The maximum absolute atomic E-state index is 13.1. The number of fused-ring (bicyclic) bond motifs is 1. The third kappa shape index (κ3) is 4.86. The maximum Gasteiger partial charge on any atom is 0.225 e. The smallest absolute Gasteiger partial charge is 0.225 e. The molecule has 1 heterocycles. The quantitative estimate of drug-likeness (QED) is 0.799. The zero-order chi connectivity index (χ0) is 20.3. The first-order valence-electron chi connectivity index (χ1n) is 9.66. The van der Waals surface area contributed by atoms with Crippen LogP contribution < -0.4 is 4.72 Å². The second-order valence-electron chi connectivity index (χ2n) is 7.66. The highest BCUT2D eigenvalue weighted by Gasteiger charge is 2.23. The molecule has 0 aliphatic carbocycles. The summed E-state index contributed by atoms with van der Waals surface area (Å²) in [7, 11) is -1.34. The van der Waals surface area contributed by atoms with Gasteiger partial charge in [0, 0.05) is 25.6 Å². The number of amides is 1. The van der Waals surface area contributed by atoms with E-state index in [1.165, 1.54) is 17.7 Å². The van der Waals surface area contributed by atoms with E-state index < -0.39 is 11.0 Å². The van der Waals surface area contributed by atoms with E-state index in [4.69, 9.17) is 0 Å². The number of nitrogens with zero attached hydrogens (tertiary/aromatic N) is 1. The van der Waals surface area contributed by atoms with Crippen molar-refractivity contribution in [2.45, 2.75) is 44.6 Å². The lowest BCUT2D eigenvalue weighted by Crippen LogP contribution is -2.38. The van der Waals surface area contributed by atoms with Gasteiger partial charge in [0.25, 0.3) is 0 Å². The standard InChI is InChI=1S/C22H27FN2O2S/c1-15(2)22(26)25-11-10-18-6-9-21(12-19(18)14-25)28(27)24-13-16(3)17-4-7-20(23)8-5-17/h4-9,12,15-16,24H,10-11,13-14H2,1-3H3. The van der Waals surface area contributed by atoms with Crippen molar-refractivity contribution in [2.75, 3.05) is 13.1 Å². The minimum absolute atomic E-state index is 0.0199. The van der Waals surface area contributed by atoms with Crippen molar-refractivity contribution in [3.8, 4) is 0 Å². The molecule has 0 saturated heterocycles. The van der Waals surface area contributed by atoms with Crippen molar-refractivity contribution >= 4 is 16.9 Å². The van der Waals surface area contributed by atoms with Crippen LogP contribution in [0, 0.1) is 11.7 Å².